The Kier molecular flexibility index (Phi) is 11.0. The number of benzene rings is 3. The molecule has 2 amide bonds. The molecule has 0 fully saturated rings. The quantitative estimate of drug-likeness (QED) is 0.266. The lowest BCUT2D eigenvalue weighted by molar-refractivity contribution is -0.140. The Morgan fingerprint density at radius 3 is 2.10 bits per heavy atom. The minimum atomic E-state index is -4.19. The Labute approximate surface area is 247 Å². The summed E-state index contributed by atoms with van der Waals surface area (Å²) in [6.07, 6.45) is 1.06. The third kappa shape index (κ3) is 7.77. The monoisotopic (exact) mass is 603 g/mol. The highest BCUT2D eigenvalue weighted by atomic mass is 35.5. The summed E-state index contributed by atoms with van der Waals surface area (Å²) in [6, 6.07) is 18.9. The van der Waals surface area contributed by atoms with Crippen LogP contribution in [0, 0.1) is 6.92 Å². The van der Waals surface area contributed by atoms with Crippen molar-refractivity contribution in [3.8, 4) is 0 Å². The second-order valence-corrected chi connectivity index (χ2v) is 12.4. The van der Waals surface area contributed by atoms with Gasteiger partial charge in [-0.3, -0.25) is 13.9 Å². The van der Waals surface area contributed by atoms with Crippen LogP contribution in [-0.4, -0.2) is 43.8 Å². The van der Waals surface area contributed by atoms with Crippen LogP contribution < -0.4 is 9.62 Å². The molecule has 1 N–H and O–H groups in total. The number of para-hydroxylation sites is 1. The smallest absolute Gasteiger partial charge is 0.264 e. The number of carbonyl (C=O) groups is 2. The van der Waals surface area contributed by atoms with E-state index >= 15 is 0 Å². The number of anilines is 1. The fourth-order valence-electron chi connectivity index (χ4n) is 4.15. The number of rotatable bonds is 12. The van der Waals surface area contributed by atoms with Crippen molar-refractivity contribution < 1.29 is 18.0 Å². The lowest BCUT2D eigenvalue weighted by Crippen LogP contribution is -2.53. The van der Waals surface area contributed by atoms with E-state index in [0.29, 0.717) is 11.4 Å². The van der Waals surface area contributed by atoms with E-state index < -0.39 is 28.5 Å². The van der Waals surface area contributed by atoms with Crippen LogP contribution in [0.4, 0.5) is 5.69 Å². The Morgan fingerprint density at radius 2 is 1.52 bits per heavy atom. The molecule has 3 rings (SSSR count). The lowest BCUT2D eigenvalue weighted by atomic mass is 10.1. The minimum Gasteiger partial charge on any atom is -0.352 e. The van der Waals surface area contributed by atoms with Crippen LogP contribution in [0.5, 0.6) is 0 Å². The van der Waals surface area contributed by atoms with E-state index in [4.69, 9.17) is 23.2 Å². The maximum Gasteiger partial charge on any atom is 0.264 e. The van der Waals surface area contributed by atoms with Crippen molar-refractivity contribution in [3.63, 3.8) is 0 Å². The van der Waals surface area contributed by atoms with Gasteiger partial charge >= 0.3 is 0 Å². The number of amides is 2. The van der Waals surface area contributed by atoms with E-state index in [1.165, 1.54) is 17.0 Å². The summed E-state index contributed by atoms with van der Waals surface area (Å²) in [4.78, 5) is 28.8. The molecule has 2 atom stereocenters. The number of carbonyl (C=O) groups excluding carboxylic acids is 2. The molecule has 214 valence electrons. The minimum absolute atomic E-state index is 0.0247. The molecule has 0 radical (unpaired) electrons. The van der Waals surface area contributed by atoms with Gasteiger partial charge in [0.05, 0.1) is 15.6 Å². The molecule has 0 aliphatic carbocycles. The van der Waals surface area contributed by atoms with E-state index in [1.807, 2.05) is 27.7 Å². The van der Waals surface area contributed by atoms with Crippen LogP contribution in [0.15, 0.2) is 77.7 Å². The molecule has 40 heavy (non-hydrogen) atoms. The topological polar surface area (TPSA) is 86.8 Å². The molecular weight excluding hydrogens is 569 g/mol. The highest BCUT2D eigenvalue weighted by Crippen LogP contribution is 2.31. The van der Waals surface area contributed by atoms with Crippen molar-refractivity contribution in [2.75, 3.05) is 10.8 Å². The van der Waals surface area contributed by atoms with Crippen molar-refractivity contribution in [2.45, 2.75) is 64.1 Å². The third-order valence-corrected chi connectivity index (χ3v) is 9.01. The Balaban J connectivity index is 2.06. The molecule has 10 heteroatoms. The average Bonchev–Trinajstić information content (AvgIpc) is 2.93. The van der Waals surface area contributed by atoms with Crippen molar-refractivity contribution in [3.05, 3.63) is 94.0 Å². The molecule has 0 saturated heterocycles. The van der Waals surface area contributed by atoms with E-state index in [2.05, 4.69) is 5.32 Å². The first-order chi connectivity index (χ1) is 19.0. The maximum absolute atomic E-state index is 14.1. The molecule has 3 aromatic rings. The first-order valence-corrected chi connectivity index (χ1v) is 15.4. The van der Waals surface area contributed by atoms with Crippen molar-refractivity contribution >= 4 is 50.7 Å². The summed E-state index contributed by atoms with van der Waals surface area (Å²) < 4.78 is 28.8. The van der Waals surface area contributed by atoms with Gasteiger partial charge in [0.15, 0.2) is 0 Å². The summed E-state index contributed by atoms with van der Waals surface area (Å²) in [5.74, 6) is -0.846. The summed E-state index contributed by atoms with van der Waals surface area (Å²) in [6.45, 7) is 7.06. The van der Waals surface area contributed by atoms with E-state index in [1.54, 1.807) is 60.7 Å². The number of hydrogen-bond donors (Lipinski definition) is 1. The summed E-state index contributed by atoms with van der Waals surface area (Å²) in [7, 11) is -4.19. The highest BCUT2D eigenvalue weighted by Gasteiger charge is 2.34. The SMILES string of the molecule is CC[C@@H](C)NC(=O)[C@H](CC)N(Cc1ccc(Cl)cc1)C(=O)CN(c1ccccc1Cl)S(=O)(=O)c1ccc(C)cc1. The molecule has 3 aromatic carbocycles. The number of nitrogens with zero attached hydrogens (tertiary/aromatic N) is 2. The molecule has 0 unspecified atom stereocenters. The largest absolute Gasteiger partial charge is 0.352 e. The summed E-state index contributed by atoms with van der Waals surface area (Å²) in [5, 5.41) is 3.68. The van der Waals surface area contributed by atoms with E-state index in [0.717, 1.165) is 21.9 Å². The molecule has 0 aromatic heterocycles. The number of nitrogens with one attached hydrogen (secondary N) is 1. The second-order valence-electron chi connectivity index (χ2n) is 9.67. The first-order valence-electron chi connectivity index (χ1n) is 13.2. The zero-order valence-electron chi connectivity index (χ0n) is 23.1. The Hall–Kier alpha value is -3.07. The van der Waals surface area contributed by atoms with Gasteiger partial charge in [-0.25, -0.2) is 8.42 Å². The van der Waals surface area contributed by atoms with E-state index in [-0.39, 0.29) is 34.1 Å². The van der Waals surface area contributed by atoms with Crippen LogP contribution in [0.2, 0.25) is 10.0 Å². The predicted molar refractivity (Wildman–Crippen MR) is 161 cm³/mol. The fraction of sp³-hybridized carbons (Fsp3) is 0.333. The van der Waals surface area contributed by atoms with E-state index in [9.17, 15) is 18.0 Å². The zero-order chi connectivity index (χ0) is 29.4. The summed E-state index contributed by atoms with van der Waals surface area (Å²) >= 11 is 12.5. The maximum atomic E-state index is 14.1. The van der Waals surface area contributed by atoms with Crippen molar-refractivity contribution in [1.82, 2.24) is 10.2 Å². The molecule has 0 bridgehead atoms. The number of aryl methyl sites for hydroxylation is 1. The van der Waals surface area contributed by atoms with Gasteiger partial charge in [-0.1, -0.05) is 79.0 Å². The van der Waals surface area contributed by atoms with Crippen LogP contribution in [0.1, 0.15) is 44.7 Å². The van der Waals surface area contributed by atoms with Gasteiger partial charge in [-0.05, 0) is 68.7 Å². The van der Waals surface area contributed by atoms with Crippen LogP contribution in [0.25, 0.3) is 0 Å². The average molecular weight is 605 g/mol. The van der Waals surface area contributed by atoms with Gasteiger partial charge < -0.3 is 10.2 Å². The molecule has 0 aliphatic rings. The molecule has 0 heterocycles. The van der Waals surface area contributed by atoms with Crippen LogP contribution in [0.3, 0.4) is 0 Å². The van der Waals surface area contributed by atoms with Crippen LogP contribution in [-0.2, 0) is 26.2 Å². The second kappa shape index (κ2) is 14.0. The third-order valence-electron chi connectivity index (χ3n) is 6.66. The Morgan fingerprint density at radius 1 is 0.900 bits per heavy atom. The van der Waals surface area contributed by atoms with Crippen LogP contribution >= 0.6 is 23.2 Å². The zero-order valence-corrected chi connectivity index (χ0v) is 25.4. The number of hydrogen-bond acceptors (Lipinski definition) is 4. The Bertz CT molecular complexity index is 1410. The molecule has 0 saturated carbocycles. The van der Waals surface area contributed by atoms with Gasteiger partial charge in [0.2, 0.25) is 11.8 Å². The molecular formula is C30H35Cl2N3O4S. The molecule has 0 spiro atoms. The standard InChI is InChI=1S/C30H35Cl2N3O4S/c1-5-22(4)33-30(37)27(6-2)34(19-23-13-15-24(31)16-14-23)29(36)20-35(28-10-8-7-9-26(28)32)40(38,39)25-17-11-21(3)12-18-25/h7-18,22,27H,5-6,19-20H2,1-4H3,(H,33,37)/t22-,27+/m1/s1. The molecule has 0 aliphatic heterocycles. The highest BCUT2D eigenvalue weighted by molar-refractivity contribution is 7.92. The van der Waals surface area contributed by atoms with Gasteiger partial charge in [-0.2, -0.15) is 0 Å². The van der Waals surface area contributed by atoms with Gasteiger partial charge in [-0.15, -0.1) is 0 Å². The predicted octanol–water partition coefficient (Wildman–Crippen LogP) is 6.22. The van der Waals surface area contributed by atoms with Gasteiger partial charge in [0.1, 0.15) is 12.6 Å². The number of sulfonamides is 1. The van der Waals surface area contributed by atoms with Gasteiger partial charge in [0, 0.05) is 17.6 Å². The van der Waals surface area contributed by atoms with Gasteiger partial charge in [0.25, 0.3) is 10.0 Å². The van der Waals surface area contributed by atoms with Crippen molar-refractivity contribution in [1.29, 1.82) is 0 Å². The van der Waals surface area contributed by atoms with Crippen molar-refractivity contribution in [2.24, 2.45) is 0 Å². The summed E-state index contributed by atoms with van der Waals surface area (Å²) in [5.41, 5.74) is 1.81. The molecule has 7 nitrogen and oxygen atoms in total. The number of halogens is 2. The fourth-order valence-corrected chi connectivity index (χ4v) is 6.00. The first kappa shape index (κ1) is 31.5. The lowest BCUT2D eigenvalue weighted by Gasteiger charge is -2.34. The normalized spacial score (nSPS) is 12.8.